The van der Waals surface area contributed by atoms with Crippen LogP contribution in [0.2, 0.25) is 0 Å². The second-order valence-electron chi connectivity index (χ2n) is 4.88. The number of carbonyl (C=O) groups excluding carboxylic acids is 1. The Labute approximate surface area is 132 Å². The average molecular weight is 319 g/mol. The van der Waals surface area contributed by atoms with Crippen molar-refractivity contribution in [3.05, 3.63) is 51.9 Å². The average Bonchev–Trinajstić information content (AvgIpc) is 2.52. The summed E-state index contributed by atoms with van der Waals surface area (Å²) in [6.07, 6.45) is 0. The zero-order valence-electron chi connectivity index (χ0n) is 12.6. The molecule has 0 aliphatic rings. The molecule has 2 aromatic rings. The lowest BCUT2D eigenvalue weighted by Crippen LogP contribution is -2.33. The van der Waals surface area contributed by atoms with Crippen molar-refractivity contribution in [1.82, 2.24) is 19.8 Å². The molecular formula is C14H17N5O2S. The van der Waals surface area contributed by atoms with Crippen LogP contribution in [0.5, 0.6) is 0 Å². The Kier molecular flexibility index (Phi) is 4.81. The molecule has 0 spiro atoms. The fraction of sp³-hybridized carbons (Fsp3) is 0.286. The molecular weight excluding hydrogens is 302 g/mol. The molecule has 0 unspecified atom stereocenters. The maximum Gasteiger partial charge on any atom is 0.294 e. The van der Waals surface area contributed by atoms with Crippen molar-refractivity contribution in [2.45, 2.75) is 17.3 Å². The molecule has 0 bridgehead atoms. The maximum atomic E-state index is 12.4. The van der Waals surface area contributed by atoms with Gasteiger partial charge in [0.05, 0.1) is 0 Å². The number of aromatic nitrogens is 3. The SMILES string of the molecule is Cc1nnc(S[C@H](C(=O)N(C)C)c2ccccc2)n(N)c1=O. The number of amides is 1. The van der Waals surface area contributed by atoms with Gasteiger partial charge < -0.3 is 10.7 Å². The molecule has 0 aliphatic carbocycles. The van der Waals surface area contributed by atoms with Crippen molar-refractivity contribution in [3.63, 3.8) is 0 Å². The third kappa shape index (κ3) is 3.28. The zero-order chi connectivity index (χ0) is 16.3. The molecule has 2 rings (SSSR count). The second kappa shape index (κ2) is 6.61. The number of nitrogens with zero attached hydrogens (tertiary/aromatic N) is 4. The standard InChI is InChI=1S/C14H17N5O2S/c1-9-12(20)19(15)14(17-16-9)22-11(13(21)18(2)3)10-7-5-4-6-8-10/h4-8,11H,15H2,1-3H3/t11-/m0/s1. The Hall–Kier alpha value is -2.35. The number of benzene rings is 1. The first-order valence-electron chi connectivity index (χ1n) is 6.56. The third-order valence-electron chi connectivity index (χ3n) is 3.01. The second-order valence-corrected chi connectivity index (χ2v) is 5.96. The van der Waals surface area contributed by atoms with E-state index in [0.29, 0.717) is 0 Å². The Bertz CT molecular complexity index is 730. The van der Waals surface area contributed by atoms with Crippen LogP contribution in [-0.2, 0) is 4.79 Å². The first kappa shape index (κ1) is 16.0. The normalized spacial score (nSPS) is 12.0. The number of carbonyl (C=O) groups is 1. The first-order valence-corrected chi connectivity index (χ1v) is 7.44. The van der Waals surface area contributed by atoms with Gasteiger partial charge in [-0.25, -0.2) is 0 Å². The van der Waals surface area contributed by atoms with Gasteiger partial charge in [0.25, 0.3) is 5.56 Å². The Balaban J connectivity index is 2.42. The predicted octanol–water partition coefficient (Wildman–Crippen LogP) is 0.582. The summed E-state index contributed by atoms with van der Waals surface area (Å²) in [5, 5.41) is 7.35. The van der Waals surface area contributed by atoms with Gasteiger partial charge in [-0.3, -0.25) is 9.59 Å². The third-order valence-corrected chi connectivity index (χ3v) is 4.21. The minimum atomic E-state index is -0.553. The van der Waals surface area contributed by atoms with Crippen molar-refractivity contribution in [3.8, 4) is 0 Å². The zero-order valence-corrected chi connectivity index (χ0v) is 13.4. The van der Waals surface area contributed by atoms with E-state index in [1.807, 2.05) is 30.3 Å². The molecule has 1 amide bonds. The summed E-state index contributed by atoms with van der Waals surface area (Å²) in [5.41, 5.74) is 0.588. The van der Waals surface area contributed by atoms with Crippen LogP contribution in [0.3, 0.4) is 0 Å². The number of rotatable bonds is 4. The van der Waals surface area contributed by atoms with E-state index in [-0.39, 0.29) is 16.8 Å². The highest BCUT2D eigenvalue weighted by atomic mass is 32.2. The van der Waals surface area contributed by atoms with E-state index >= 15 is 0 Å². The summed E-state index contributed by atoms with van der Waals surface area (Å²) < 4.78 is 0.922. The van der Waals surface area contributed by atoms with Gasteiger partial charge in [-0.15, -0.1) is 10.2 Å². The molecule has 22 heavy (non-hydrogen) atoms. The molecule has 1 aromatic carbocycles. The molecule has 0 fully saturated rings. The van der Waals surface area contributed by atoms with Gasteiger partial charge in [0, 0.05) is 14.1 Å². The van der Waals surface area contributed by atoms with E-state index in [4.69, 9.17) is 5.84 Å². The van der Waals surface area contributed by atoms with Gasteiger partial charge in [-0.05, 0) is 12.5 Å². The molecule has 0 aliphatic heterocycles. The van der Waals surface area contributed by atoms with Gasteiger partial charge in [-0.2, -0.15) is 4.68 Å². The number of likely N-dealkylation sites (N-methyl/N-ethyl adjacent to an activating group) is 1. The summed E-state index contributed by atoms with van der Waals surface area (Å²) in [6, 6.07) is 9.26. The van der Waals surface area contributed by atoms with Crippen LogP contribution in [0, 0.1) is 6.92 Å². The summed E-state index contributed by atoms with van der Waals surface area (Å²) in [4.78, 5) is 25.8. The van der Waals surface area contributed by atoms with Crippen LogP contribution < -0.4 is 11.4 Å². The van der Waals surface area contributed by atoms with E-state index in [0.717, 1.165) is 22.0 Å². The van der Waals surface area contributed by atoms with E-state index in [1.165, 1.54) is 11.8 Å². The molecule has 1 heterocycles. The fourth-order valence-electron chi connectivity index (χ4n) is 1.78. The molecule has 0 radical (unpaired) electrons. The van der Waals surface area contributed by atoms with Gasteiger partial charge in [-0.1, -0.05) is 42.1 Å². The van der Waals surface area contributed by atoms with Crippen LogP contribution in [0.1, 0.15) is 16.5 Å². The Morgan fingerprint density at radius 1 is 1.27 bits per heavy atom. The lowest BCUT2D eigenvalue weighted by Gasteiger charge is -2.20. The molecule has 8 heteroatoms. The van der Waals surface area contributed by atoms with E-state index < -0.39 is 10.8 Å². The fourth-order valence-corrected chi connectivity index (χ4v) is 2.88. The van der Waals surface area contributed by atoms with Gasteiger partial charge >= 0.3 is 0 Å². The topological polar surface area (TPSA) is 94.1 Å². The van der Waals surface area contributed by atoms with E-state index in [2.05, 4.69) is 10.2 Å². The molecule has 116 valence electrons. The largest absolute Gasteiger partial charge is 0.348 e. The molecule has 7 nitrogen and oxygen atoms in total. The monoisotopic (exact) mass is 319 g/mol. The number of hydrogen-bond acceptors (Lipinski definition) is 6. The van der Waals surface area contributed by atoms with Crippen molar-refractivity contribution >= 4 is 17.7 Å². The number of hydrogen-bond donors (Lipinski definition) is 1. The highest BCUT2D eigenvalue weighted by Gasteiger charge is 2.26. The highest BCUT2D eigenvalue weighted by molar-refractivity contribution is 8.00. The van der Waals surface area contributed by atoms with Crippen LogP contribution in [0.15, 0.2) is 40.3 Å². The number of aryl methyl sites for hydroxylation is 1. The molecule has 1 atom stereocenters. The van der Waals surface area contributed by atoms with E-state index in [1.54, 1.807) is 14.1 Å². The minimum Gasteiger partial charge on any atom is -0.348 e. The Morgan fingerprint density at radius 3 is 2.50 bits per heavy atom. The van der Waals surface area contributed by atoms with Gasteiger partial charge in [0.2, 0.25) is 11.1 Å². The summed E-state index contributed by atoms with van der Waals surface area (Å²) in [6.45, 7) is 1.53. The summed E-state index contributed by atoms with van der Waals surface area (Å²) in [5.74, 6) is 5.62. The highest BCUT2D eigenvalue weighted by Crippen LogP contribution is 2.34. The van der Waals surface area contributed by atoms with Crippen molar-refractivity contribution in [1.29, 1.82) is 0 Å². The van der Waals surface area contributed by atoms with Crippen LogP contribution in [0.4, 0.5) is 0 Å². The van der Waals surface area contributed by atoms with Crippen LogP contribution in [-0.4, -0.2) is 39.8 Å². The number of nitrogen functional groups attached to an aromatic ring is 1. The number of thioether (sulfide) groups is 1. The van der Waals surface area contributed by atoms with Crippen molar-refractivity contribution in [2.24, 2.45) is 0 Å². The van der Waals surface area contributed by atoms with Crippen molar-refractivity contribution in [2.75, 3.05) is 19.9 Å². The smallest absolute Gasteiger partial charge is 0.294 e. The Morgan fingerprint density at radius 2 is 1.91 bits per heavy atom. The lowest BCUT2D eigenvalue weighted by molar-refractivity contribution is -0.128. The molecule has 2 N–H and O–H groups in total. The summed E-state index contributed by atoms with van der Waals surface area (Å²) in [7, 11) is 3.35. The quantitative estimate of drug-likeness (QED) is 0.654. The van der Waals surface area contributed by atoms with Crippen LogP contribution in [0.25, 0.3) is 0 Å². The first-order chi connectivity index (χ1) is 10.4. The molecule has 0 saturated heterocycles. The maximum absolute atomic E-state index is 12.4. The van der Waals surface area contributed by atoms with E-state index in [9.17, 15) is 9.59 Å². The van der Waals surface area contributed by atoms with Crippen LogP contribution >= 0.6 is 11.8 Å². The van der Waals surface area contributed by atoms with Gasteiger partial charge in [0.1, 0.15) is 10.9 Å². The predicted molar refractivity (Wildman–Crippen MR) is 84.9 cm³/mol. The lowest BCUT2D eigenvalue weighted by atomic mass is 10.1. The summed E-state index contributed by atoms with van der Waals surface area (Å²) >= 11 is 1.10. The minimum absolute atomic E-state index is 0.119. The number of nitrogens with two attached hydrogens (primary N) is 1. The molecule has 0 saturated carbocycles. The molecule has 1 aromatic heterocycles. The van der Waals surface area contributed by atoms with Crippen molar-refractivity contribution < 1.29 is 4.79 Å². The van der Waals surface area contributed by atoms with Gasteiger partial charge in [0.15, 0.2) is 0 Å².